The van der Waals surface area contributed by atoms with Crippen molar-refractivity contribution in [2.24, 2.45) is 0 Å². The lowest BCUT2D eigenvalue weighted by Crippen LogP contribution is -2.44. The number of carbonyl (C=O) groups excluding carboxylic acids is 1. The minimum Gasteiger partial charge on any atom is -0.497 e. The molecule has 0 aromatic heterocycles. The molecule has 5 nitrogen and oxygen atoms in total. The number of carbonyl (C=O) groups is 1. The first kappa shape index (κ1) is 19.8. The topological polar surface area (TPSA) is 50.8 Å². The molecule has 2 atom stereocenters. The van der Waals surface area contributed by atoms with Gasteiger partial charge in [-0.3, -0.25) is 4.79 Å². The molecule has 0 saturated heterocycles. The molecule has 0 saturated carbocycles. The summed E-state index contributed by atoms with van der Waals surface area (Å²) in [5.41, 5.74) is 3.65. The van der Waals surface area contributed by atoms with Gasteiger partial charge in [-0.1, -0.05) is 18.2 Å². The molecular weight excluding hydrogens is 376 g/mol. The van der Waals surface area contributed by atoms with Gasteiger partial charge in [-0.25, -0.2) is 0 Å². The number of ether oxygens (including phenoxy) is 2. The van der Waals surface area contributed by atoms with Gasteiger partial charge in [0.2, 0.25) is 0 Å². The molecule has 5 heteroatoms. The summed E-state index contributed by atoms with van der Waals surface area (Å²) < 4.78 is 10.7. The fourth-order valence-electron chi connectivity index (χ4n) is 4.02. The lowest BCUT2D eigenvalue weighted by Gasteiger charge is -2.40. The highest BCUT2D eigenvalue weighted by atomic mass is 16.5. The first-order chi connectivity index (χ1) is 14.6. The number of amides is 1. The van der Waals surface area contributed by atoms with Crippen molar-refractivity contribution in [2.75, 3.05) is 24.4 Å². The first-order valence-electron chi connectivity index (χ1n) is 10.1. The van der Waals surface area contributed by atoms with E-state index in [0.29, 0.717) is 5.56 Å². The van der Waals surface area contributed by atoms with Gasteiger partial charge >= 0.3 is 0 Å². The Labute approximate surface area is 177 Å². The fourth-order valence-corrected chi connectivity index (χ4v) is 4.02. The average Bonchev–Trinajstić information content (AvgIpc) is 2.79. The van der Waals surface area contributed by atoms with Crippen LogP contribution >= 0.6 is 0 Å². The number of rotatable bonds is 5. The Hall–Kier alpha value is -3.47. The monoisotopic (exact) mass is 402 g/mol. The second-order valence-electron chi connectivity index (χ2n) is 7.48. The van der Waals surface area contributed by atoms with Crippen LogP contribution in [-0.2, 0) is 0 Å². The van der Waals surface area contributed by atoms with Gasteiger partial charge in [0.05, 0.1) is 20.3 Å². The normalized spacial score (nSPS) is 17.8. The third kappa shape index (κ3) is 3.83. The van der Waals surface area contributed by atoms with E-state index in [1.54, 1.807) is 14.2 Å². The number of benzene rings is 3. The molecule has 0 unspecified atom stereocenters. The Kier molecular flexibility index (Phi) is 5.61. The maximum atomic E-state index is 13.3. The zero-order chi connectivity index (χ0) is 21.1. The SMILES string of the molecule is COc1ccc(N[C@@H]2C[C@@H](C)N(C(=O)c3ccccc3)c3ccc(OC)cc32)cc1. The molecular formula is C25H26N2O3. The number of nitrogens with zero attached hydrogens (tertiary/aromatic N) is 1. The summed E-state index contributed by atoms with van der Waals surface area (Å²) in [4.78, 5) is 15.2. The minimum absolute atomic E-state index is 0.0115. The van der Waals surface area contributed by atoms with E-state index in [1.807, 2.05) is 77.7 Å². The van der Waals surface area contributed by atoms with E-state index in [-0.39, 0.29) is 18.0 Å². The first-order valence-corrected chi connectivity index (χ1v) is 10.1. The van der Waals surface area contributed by atoms with Crippen LogP contribution in [0.15, 0.2) is 72.8 Å². The van der Waals surface area contributed by atoms with Gasteiger partial charge in [0, 0.05) is 28.5 Å². The zero-order valence-electron chi connectivity index (χ0n) is 17.5. The van der Waals surface area contributed by atoms with Crippen molar-refractivity contribution in [1.29, 1.82) is 0 Å². The van der Waals surface area contributed by atoms with Crippen molar-refractivity contribution >= 4 is 17.3 Å². The van der Waals surface area contributed by atoms with Crippen molar-refractivity contribution in [3.05, 3.63) is 83.9 Å². The third-order valence-corrected chi connectivity index (χ3v) is 5.56. The highest BCUT2D eigenvalue weighted by molar-refractivity contribution is 6.07. The largest absolute Gasteiger partial charge is 0.497 e. The van der Waals surface area contributed by atoms with Crippen LogP contribution in [0.3, 0.4) is 0 Å². The van der Waals surface area contributed by atoms with E-state index in [1.165, 1.54) is 0 Å². The van der Waals surface area contributed by atoms with Gasteiger partial charge in [-0.15, -0.1) is 0 Å². The fraction of sp³-hybridized carbons (Fsp3) is 0.240. The molecule has 1 aliphatic heterocycles. The van der Waals surface area contributed by atoms with Crippen LogP contribution in [0.4, 0.5) is 11.4 Å². The molecule has 0 fully saturated rings. The summed E-state index contributed by atoms with van der Waals surface area (Å²) in [6, 6.07) is 23.3. The van der Waals surface area contributed by atoms with Crippen molar-refractivity contribution in [2.45, 2.75) is 25.4 Å². The van der Waals surface area contributed by atoms with Crippen LogP contribution in [-0.4, -0.2) is 26.2 Å². The minimum atomic E-state index is 0.0115. The van der Waals surface area contributed by atoms with Crippen molar-refractivity contribution in [3.63, 3.8) is 0 Å². The molecule has 3 aromatic carbocycles. The predicted molar refractivity (Wildman–Crippen MR) is 120 cm³/mol. The molecule has 1 amide bonds. The highest BCUT2D eigenvalue weighted by Gasteiger charge is 2.34. The van der Waals surface area contributed by atoms with E-state index < -0.39 is 0 Å². The molecule has 0 bridgehead atoms. The second-order valence-corrected chi connectivity index (χ2v) is 7.48. The molecule has 30 heavy (non-hydrogen) atoms. The number of anilines is 2. The van der Waals surface area contributed by atoms with Gasteiger partial charge in [-0.05, 0) is 67.9 Å². The smallest absolute Gasteiger partial charge is 0.258 e. The van der Waals surface area contributed by atoms with Crippen molar-refractivity contribution in [3.8, 4) is 11.5 Å². The molecule has 1 aliphatic rings. The third-order valence-electron chi connectivity index (χ3n) is 5.56. The molecule has 0 radical (unpaired) electrons. The van der Waals surface area contributed by atoms with E-state index in [9.17, 15) is 4.79 Å². The lowest BCUT2D eigenvalue weighted by molar-refractivity contribution is 0.0974. The molecule has 1 heterocycles. The quantitative estimate of drug-likeness (QED) is 0.629. The van der Waals surface area contributed by atoms with E-state index in [4.69, 9.17) is 9.47 Å². The summed E-state index contributed by atoms with van der Waals surface area (Å²) in [5.74, 6) is 1.61. The lowest BCUT2D eigenvalue weighted by atomic mass is 9.90. The molecule has 1 N–H and O–H groups in total. The maximum Gasteiger partial charge on any atom is 0.258 e. The number of fused-ring (bicyclic) bond motifs is 1. The summed E-state index contributed by atoms with van der Waals surface area (Å²) in [5, 5.41) is 3.62. The second kappa shape index (κ2) is 8.49. The number of hydrogen-bond donors (Lipinski definition) is 1. The van der Waals surface area contributed by atoms with Crippen LogP contribution < -0.4 is 19.7 Å². The summed E-state index contributed by atoms with van der Waals surface area (Å²) in [7, 11) is 3.32. The maximum absolute atomic E-state index is 13.3. The number of nitrogens with one attached hydrogen (secondary N) is 1. The van der Waals surface area contributed by atoms with Crippen LogP contribution in [0, 0.1) is 0 Å². The van der Waals surface area contributed by atoms with Crippen LogP contribution in [0.2, 0.25) is 0 Å². The van der Waals surface area contributed by atoms with E-state index in [2.05, 4.69) is 12.2 Å². The molecule has 4 rings (SSSR count). The summed E-state index contributed by atoms with van der Waals surface area (Å²) in [6.45, 7) is 2.09. The number of hydrogen-bond acceptors (Lipinski definition) is 4. The van der Waals surface area contributed by atoms with Gasteiger partial charge in [0.1, 0.15) is 11.5 Å². The van der Waals surface area contributed by atoms with Crippen LogP contribution in [0.25, 0.3) is 0 Å². The van der Waals surface area contributed by atoms with E-state index in [0.717, 1.165) is 34.9 Å². The van der Waals surface area contributed by atoms with Crippen LogP contribution in [0.1, 0.15) is 35.3 Å². The Balaban J connectivity index is 1.70. The zero-order valence-corrected chi connectivity index (χ0v) is 17.5. The van der Waals surface area contributed by atoms with Gasteiger partial charge < -0.3 is 19.7 Å². The predicted octanol–water partition coefficient (Wildman–Crippen LogP) is 5.30. The Morgan fingerprint density at radius 2 is 1.60 bits per heavy atom. The Morgan fingerprint density at radius 1 is 0.933 bits per heavy atom. The summed E-state index contributed by atoms with van der Waals surface area (Å²) >= 11 is 0. The Bertz CT molecular complexity index is 1020. The average molecular weight is 402 g/mol. The molecule has 0 spiro atoms. The Morgan fingerprint density at radius 3 is 2.27 bits per heavy atom. The summed E-state index contributed by atoms with van der Waals surface area (Å²) in [6.07, 6.45) is 0.783. The molecule has 154 valence electrons. The van der Waals surface area contributed by atoms with Gasteiger partial charge in [0.15, 0.2) is 0 Å². The molecule has 0 aliphatic carbocycles. The highest BCUT2D eigenvalue weighted by Crippen LogP contribution is 2.41. The molecule has 3 aromatic rings. The standard InChI is InChI=1S/C25H26N2O3/c1-17-15-23(26-19-9-11-20(29-2)12-10-19)22-16-21(30-3)13-14-24(22)27(17)25(28)18-7-5-4-6-8-18/h4-14,16-17,23,26H,15H2,1-3H3/t17-,23-/m1/s1. The van der Waals surface area contributed by atoms with Gasteiger partial charge in [0.25, 0.3) is 5.91 Å². The van der Waals surface area contributed by atoms with Gasteiger partial charge in [-0.2, -0.15) is 0 Å². The van der Waals surface area contributed by atoms with Crippen molar-refractivity contribution in [1.82, 2.24) is 0 Å². The van der Waals surface area contributed by atoms with Crippen molar-refractivity contribution < 1.29 is 14.3 Å². The number of methoxy groups -OCH3 is 2. The van der Waals surface area contributed by atoms with Crippen LogP contribution in [0.5, 0.6) is 11.5 Å². The van der Waals surface area contributed by atoms with E-state index >= 15 is 0 Å².